The van der Waals surface area contributed by atoms with Crippen LogP contribution in [0.15, 0.2) is 59.6 Å². The largest absolute Gasteiger partial charge is 0.497 e. The molecule has 0 bridgehead atoms. The molecule has 158 valence electrons. The van der Waals surface area contributed by atoms with Gasteiger partial charge in [0.05, 0.1) is 26.4 Å². The van der Waals surface area contributed by atoms with Gasteiger partial charge in [-0.25, -0.2) is 0 Å². The Bertz CT molecular complexity index is 737. The molecule has 2 rings (SSSR count). The van der Waals surface area contributed by atoms with Crippen molar-refractivity contribution in [2.75, 3.05) is 33.4 Å². The number of rotatable bonds is 11. The van der Waals surface area contributed by atoms with Crippen molar-refractivity contribution in [1.29, 1.82) is 0 Å². The molecule has 6 heteroatoms. The molecule has 0 aliphatic carbocycles. The molecule has 0 aromatic heterocycles. The van der Waals surface area contributed by atoms with Crippen LogP contribution >= 0.6 is 0 Å². The fraction of sp³-hybridized carbons (Fsp3) is 0.435. The normalized spacial score (nSPS) is 13.6. The third-order valence-corrected chi connectivity index (χ3v) is 4.36. The maximum atomic E-state index is 10.4. The molecule has 0 heterocycles. The third-order valence-electron chi connectivity index (χ3n) is 4.36. The molecule has 0 saturated heterocycles. The fourth-order valence-electron chi connectivity index (χ4n) is 2.75. The van der Waals surface area contributed by atoms with E-state index in [1.54, 1.807) is 7.11 Å². The molecule has 3 N–H and O–H groups in total. The highest BCUT2D eigenvalue weighted by molar-refractivity contribution is 5.79. The lowest BCUT2D eigenvalue weighted by Gasteiger charge is -2.17. The first-order chi connectivity index (χ1) is 14.1. The minimum atomic E-state index is -0.652. The summed E-state index contributed by atoms with van der Waals surface area (Å²) < 4.78 is 11.0. The summed E-state index contributed by atoms with van der Waals surface area (Å²) >= 11 is 0. The Balaban J connectivity index is 1.78. The molecule has 0 fully saturated rings. The van der Waals surface area contributed by atoms with Crippen LogP contribution in [0.25, 0.3) is 0 Å². The summed E-state index contributed by atoms with van der Waals surface area (Å²) in [5.74, 6) is 1.70. The quantitative estimate of drug-likeness (QED) is 0.400. The first kappa shape index (κ1) is 22.7. The number of hydrogen-bond acceptors (Lipinski definition) is 4. The van der Waals surface area contributed by atoms with Crippen molar-refractivity contribution in [3.8, 4) is 5.75 Å². The molecule has 2 atom stereocenters. The number of guanidine groups is 1. The van der Waals surface area contributed by atoms with Gasteiger partial charge in [0.25, 0.3) is 0 Å². The van der Waals surface area contributed by atoms with Gasteiger partial charge in [0.15, 0.2) is 5.96 Å². The smallest absolute Gasteiger partial charge is 0.191 e. The molecule has 0 amide bonds. The predicted molar refractivity (Wildman–Crippen MR) is 117 cm³/mol. The molecule has 2 unspecified atom stereocenters. The van der Waals surface area contributed by atoms with Crippen molar-refractivity contribution in [2.24, 2.45) is 10.9 Å². The Morgan fingerprint density at radius 1 is 1.10 bits per heavy atom. The van der Waals surface area contributed by atoms with Gasteiger partial charge in [0.1, 0.15) is 5.75 Å². The summed E-state index contributed by atoms with van der Waals surface area (Å²) in [5.41, 5.74) is 1.97. The number of aliphatic hydroxyl groups is 1. The standard InChI is InChI=1S/C23H33N3O3/c1-4-24-23(26-15-22(27)20-11-8-12-21(13-20)28-3)25-14-18(2)16-29-17-19-9-6-5-7-10-19/h5-13,18,22,27H,4,14-17H2,1-3H3,(H2,24,25,26). The van der Waals surface area contributed by atoms with Crippen LogP contribution in [-0.4, -0.2) is 44.4 Å². The van der Waals surface area contributed by atoms with Crippen molar-refractivity contribution in [1.82, 2.24) is 10.6 Å². The van der Waals surface area contributed by atoms with Crippen LogP contribution < -0.4 is 15.4 Å². The molecule has 0 aliphatic rings. The van der Waals surface area contributed by atoms with Crippen LogP contribution in [0.5, 0.6) is 5.75 Å². The lowest BCUT2D eigenvalue weighted by molar-refractivity contribution is 0.0944. The van der Waals surface area contributed by atoms with Crippen molar-refractivity contribution >= 4 is 5.96 Å². The maximum absolute atomic E-state index is 10.4. The number of nitrogens with zero attached hydrogens (tertiary/aromatic N) is 1. The average molecular weight is 400 g/mol. The van der Waals surface area contributed by atoms with Crippen LogP contribution in [0, 0.1) is 5.92 Å². The Morgan fingerprint density at radius 3 is 2.62 bits per heavy atom. The van der Waals surface area contributed by atoms with Crippen LogP contribution in [0.4, 0.5) is 0 Å². The molecule has 0 aliphatic heterocycles. The van der Waals surface area contributed by atoms with Crippen molar-refractivity contribution in [2.45, 2.75) is 26.6 Å². The minimum Gasteiger partial charge on any atom is -0.497 e. The van der Waals surface area contributed by atoms with Crippen LogP contribution in [0.2, 0.25) is 0 Å². The van der Waals surface area contributed by atoms with Crippen LogP contribution in [-0.2, 0) is 11.3 Å². The Hall–Kier alpha value is -2.57. The maximum Gasteiger partial charge on any atom is 0.191 e. The molecule has 0 radical (unpaired) electrons. The molecule has 6 nitrogen and oxygen atoms in total. The lowest BCUT2D eigenvalue weighted by Crippen LogP contribution is -2.39. The van der Waals surface area contributed by atoms with Gasteiger partial charge in [-0.05, 0) is 36.1 Å². The van der Waals surface area contributed by atoms with E-state index in [4.69, 9.17) is 9.47 Å². The van der Waals surface area contributed by atoms with Crippen molar-refractivity contribution < 1.29 is 14.6 Å². The van der Waals surface area contributed by atoms with Gasteiger partial charge in [-0.2, -0.15) is 0 Å². The van der Waals surface area contributed by atoms with Crippen LogP contribution in [0.3, 0.4) is 0 Å². The second-order valence-electron chi connectivity index (χ2n) is 7.00. The number of hydrogen-bond donors (Lipinski definition) is 3. The highest BCUT2D eigenvalue weighted by Gasteiger charge is 2.10. The van der Waals surface area contributed by atoms with E-state index in [1.165, 1.54) is 5.56 Å². The van der Waals surface area contributed by atoms with E-state index in [0.717, 1.165) is 17.9 Å². The van der Waals surface area contributed by atoms with Crippen LogP contribution in [0.1, 0.15) is 31.1 Å². The zero-order valence-corrected chi connectivity index (χ0v) is 17.6. The van der Waals surface area contributed by atoms with E-state index in [9.17, 15) is 5.11 Å². The average Bonchev–Trinajstić information content (AvgIpc) is 2.76. The zero-order chi connectivity index (χ0) is 20.9. The van der Waals surface area contributed by atoms with Gasteiger partial charge in [0, 0.05) is 19.6 Å². The first-order valence-electron chi connectivity index (χ1n) is 10.1. The SMILES string of the molecule is CCNC(=NCC(C)COCc1ccccc1)NCC(O)c1cccc(OC)c1. The number of aliphatic hydroxyl groups excluding tert-OH is 1. The van der Waals surface area contributed by atoms with E-state index < -0.39 is 6.10 Å². The number of methoxy groups -OCH3 is 1. The van der Waals surface area contributed by atoms with E-state index in [2.05, 4.69) is 34.7 Å². The van der Waals surface area contributed by atoms with Gasteiger partial charge < -0.3 is 25.2 Å². The molecule has 2 aromatic carbocycles. The van der Waals surface area contributed by atoms with E-state index in [-0.39, 0.29) is 5.92 Å². The Morgan fingerprint density at radius 2 is 1.90 bits per heavy atom. The fourth-order valence-corrected chi connectivity index (χ4v) is 2.75. The Labute approximate surface area is 174 Å². The van der Waals surface area contributed by atoms with E-state index >= 15 is 0 Å². The molecular weight excluding hydrogens is 366 g/mol. The summed E-state index contributed by atoms with van der Waals surface area (Å²) in [6, 6.07) is 17.6. The monoisotopic (exact) mass is 399 g/mol. The minimum absolute atomic E-state index is 0.289. The lowest BCUT2D eigenvalue weighted by atomic mass is 10.1. The number of aliphatic imine (C=N–C) groups is 1. The summed E-state index contributed by atoms with van der Waals surface area (Å²) in [6.07, 6.45) is -0.652. The summed E-state index contributed by atoms with van der Waals surface area (Å²) in [7, 11) is 1.62. The Kier molecular flexibility index (Phi) is 10.0. The second kappa shape index (κ2) is 12.8. The van der Waals surface area contributed by atoms with E-state index in [1.807, 2.05) is 49.4 Å². The van der Waals surface area contributed by atoms with E-state index in [0.29, 0.717) is 32.3 Å². The number of nitrogens with one attached hydrogen (secondary N) is 2. The van der Waals surface area contributed by atoms with Gasteiger partial charge in [0.2, 0.25) is 0 Å². The zero-order valence-electron chi connectivity index (χ0n) is 17.6. The highest BCUT2D eigenvalue weighted by Crippen LogP contribution is 2.18. The molecule has 0 spiro atoms. The molecular formula is C23H33N3O3. The van der Waals surface area contributed by atoms with Gasteiger partial charge in [-0.15, -0.1) is 0 Å². The molecule has 29 heavy (non-hydrogen) atoms. The van der Waals surface area contributed by atoms with Gasteiger partial charge >= 0.3 is 0 Å². The second-order valence-corrected chi connectivity index (χ2v) is 7.00. The molecule has 2 aromatic rings. The summed E-state index contributed by atoms with van der Waals surface area (Å²) in [5, 5.41) is 16.9. The first-order valence-corrected chi connectivity index (χ1v) is 10.1. The summed E-state index contributed by atoms with van der Waals surface area (Å²) in [6.45, 7) is 7.13. The van der Waals surface area contributed by atoms with Gasteiger partial charge in [-0.3, -0.25) is 4.99 Å². The summed E-state index contributed by atoms with van der Waals surface area (Å²) in [4.78, 5) is 4.62. The topological polar surface area (TPSA) is 75.1 Å². The highest BCUT2D eigenvalue weighted by atomic mass is 16.5. The third kappa shape index (κ3) is 8.54. The predicted octanol–water partition coefficient (Wildman–Crippen LogP) is 3.14. The van der Waals surface area contributed by atoms with Crippen molar-refractivity contribution in [3.05, 3.63) is 65.7 Å². The number of benzene rings is 2. The van der Waals surface area contributed by atoms with Crippen molar-refractivity contribution in [3.63, 3.8) is 0 Å². The molecule has 0 saturated carbocycles. The number of ether oxygens (including phenoxy) is 2. The van der Waals surface area contributed by atoms with Gasteiger partial charge in [-0.1, -0.05) is 49.4 Å².